The second-order valence-electron chi connectivity index (χ2n) is 4.00. The Morgan fingerprint density at radius 2 is 1.92 bits per heavy atom. The molecule has 2 saturated carbocycles. The topological polar surface area (TPSA) is 26.3 Å². The van der Waals surface area contributed by atoms with Crippen molar-refractivity contribution in [1.82, 2.24) is 0 Å². The van der Waals surface area contributed by atoms with Crippen LogP contribution in [-0.4, -0.2) is 12.1 Å². The molecule has 0 radical (unpaired) electrons. The lowest BCUT2D eigenvalue weighted by molar-refractivity contribution is -0.146. The van der Waals surface area contributed by atoms with E-state index in [4.69, 9.17) is 4.74 Å². The molecule has 0 aromatic carbocycles. The number of ether oxygens (including phenoxy) is 1. The Morgan fingerprint density at radius 3 is 2.46 bits per heavy atom. The summed E-state index contributed by atoms with van der Waals surface area (Å²) in [7, 11) is 0. The van der Waals surface area contributed by atoms with E-state index in [0.29, 0.717) is 0 Å². The van der Waals surface area contributed by atoms with Gasteiger partial charge in [0.15, 0.2) is 0 Å². The van der Waals surface area contributed by atoms with Crippen LogP contribution >= 0.6 is 0 Å². The van der Waals surface area contributed by atoms with Crippen molar-refractivity contribution in [3.05, 3.63) is 11.6 Å². The molecular formula is C11H16O2. The first kappa shape index (κ1) is 8.79. The highest BCUT2D eigenvalue weighted by atomic mass is 16.5. The molecule has 2 fully saturated rings. The third-order valence-electron chi connectivity index (χ3n) is 2.90. The summed E-state index contributed by atoms with van der Waals surface area (Å²) >= 11 is 0. The smallest absolute Gasteiger partial charge is 0.330 e. The third-order valence-corrected chi connectivity index (χ3v) is 2.90. The highest BCUT2D eigenvalue weighted by molar-refractivity contribution is 5.83. The summed E-state index contributed by atoms with van der Waals surface area (Å²) in [6.07, 6.45) is 9.96. The molecule has 0 aromatic rings. The van der Waals surface area contributed by atoms with Crippen molar-refractivity contribution in [3.63, 3.8) is 0 Å². The maximum absolute atomic E-state index is 11.3. The molecule has 13 heavy (non-hydrogen) atoms. The largest absolute Gasteiger partial charge is 0.459 e. The number of hydrogen-bond acceptors (Lipinski definition) is 2. The molecule has 0 unspecified atom stereocenters. The zero-order valence-corrected chi connectivity index (χ0v) is 7.92. The average molecular weight is 180 g/mol. The van der Waals surface area contributed by atoms with Gasteiger partial charge in [0.2, 0.25) is 0 Å². The van der Waals surface area contributed by atoms with E-state index in [2.05, 4.69) is 0 Å². The SMILES string of the molecule is O=C(C=C1CCCC1)OC1CCC1. The van der Waals surface area contributed by atoms with E-state index in [-0.39, 0.29) is 12.1 Å². The molecule has 0 spiro atoms. The van der Waals surface area contributed by atoms with Gasteiger partial charge in [0.25, 0.3) is 0 Å². The zero-order chi connectivity index (χ0) is 9.10. The van der Waals surface area contributed by atoms with Crippen molar-refractivity contribution < 1.29 is 9.53 Å². The van der Waals surface area contributed by atoms with Crippen LogP contribution in [0.5, 0.6) is 0 Å². The second-order valence-corrected chi connectivity index (χ2v) is 4.00. The van der Waals surface area contributed by atoms with Crippen LogP contribution in [0.2, 0.25) is 0 Å². The van der Waals surface area contributed by atoms with Crippen LogP contribution in [0.4, 0.5) is 0 Å². The van der Waals surface area contributed by atoms with E-state index >= 15 is 0 Å². The Kier molecular flexibility index (Phi) is 2.67. The van der Waals surface area contributed by atoms with Gasteiger partial charge in [-0.25, -0.2) is 4.79 Å². The van der Waals surface area contributed by atoms with Crippen LogP contribution < -0.4 is 0 Å². The monoisotopic (exact) mass is 180 g/mol. The minimum atomic E-state index is -0.110. The summed E-state index contributed by atoms with van der Waals surface area (Å²) in [4.78, 5) is 11.3. The van der Waals surface area contributed by atoms with Gasteiger partial charge in [-0.3, -0.25) is 0 Å². The van der Waals surface area contributed by atoms with Gasteiger partial charge in [-0.1, -0.05) is 5.57 Å². The van der Waals surface area contributed by atoms with Gasteiger partial charge in [-0.15, -0.1) is 0 Å². The van der Waals surface area contributed by atoms with E-state index < -0.39 is 0 Å². The molecule has 2 heteroatoms. The minimum absolute atomic E-state index is 0.110. The number of carbonyl (C=O) groups is 1. The molecule has 0 N–H and O–H groups in total. The fourth-order valence-corrected chi connectivity index (χ4v) is 1.83. The standard InChI is InChI=1S/C11H16O2/c12-11(13-10-6-3-7-10)8-9-4-1-2-5-9/h8,10H,1-7H2. The van der Waals surface area contributed by atoms with Crippen molar-refractivity contribution in [2.75, 3.05) is 0 Å². The molecule has 2 rings (SSSR count). The number of esters is 1. The van der Waals surface area contributed by atoms with E-state index in [9.17, 15) is 4.79 Å². The van der Waals surface area contributed by atoms with Crippen molar-refractivity contribution in [2.24, 2.45) is 0 Å². The molecule has 2 aliphatic carbocycles. The summed E-state index contributed by atoms with van der Waals surface area (Å²) in [5.41, 5.74) is 1.28. The summed E-state index contributed by atoms with van der Waals surface area (Å²) in [6, 6.07) is 0. The molecule has 0 saturated heterocycles. The molecule has 0 amide bonds. The maximum Gasteiger partial charge on any atom is 0.330 e. The van der Waals surface area contributed by atoms with Crippen LogP contribution in [0, 0.1) is 0 Å². The van der Waals surface area contributed by atoms with Crippen LogP contribution in [0.25, 0.3) is 0 Å². The van der Waals surface area contributed by atoms with Gasteiger partial charge in [-0.2, -0.15) is 0 Å². The van der Waals surface area contributed by atoms with Gasteiger partial charge in [0.05, 0.1) is 0 Å². The van der Waals surface area contributed by atoms with E-state index in [1.807, 2.05) is 0 Å². The summed E-state index contributed by atoms with van der Waals surface area (Å²) in [5, 5.41) is 0. The Morgan fingerprint density at radius 1 is 1.23 bits per heavy atom. The van der Waals surface area contributed by atoms with Gasteiger partial charge in [-0.05, 0) is 44.9 Å². The third kappa shape index (κ3) is 2.33. The number of rotatable bonds is 2. The zero-order valence-electron chi connectivity index (χ0n) is 7.92. The Bertz CT molecular complexity index is 218. The molecule has 0 aromatic heterocycles. The quantitative estimate of drug-likeness (QED) is 0.482. The molecule has 0 bridgehead atoms. The molecule has 72 valence electrons. The van der Waals surface area contributed by atoms with Gasteiger partial charge in [0.1, 0.15) is 6.10 Å². The Labute approximate surface area is 79.0 Å². The Balaban J connectivity index is 1.79. The lowest BCUT2D eigenvalue weighted by atomic mass is 9.96. The fourth-order valence-electron chi connectivity index (χ4n) is 1.83. The lowest BCUT2D eigenvalue weighted by Gasteiger charge is -2.24. The van der Waals surface area contributed by atoms with Crippen molar-refractivity contribution in [3.8, 4) is 0 Å². The first-order chi connectivity index (χ1) is 6.34. The highest BCUT2D eigenvalue weighted by Crippen LogP contribution is 2.25. The molecule has 0 heterocycles. The van der Waals surface area contributed by atoms with Crippen molar-refractivity contribution in [2.45, 2.75) is 51.0 Å². The molecule has 2 nitrogen and oxygen atoms in total. The molecule has 0 aliphatic heterocycles. The van der Waals surface area contributed by atoms with Crippen LogP contribution in [0.1, 0.15) is 44.9 Å². The van der Waals surface area contributed by atoms with Crippen LogP contribution in [-0.2, 0) is 9.53 Å². The molecule has 0 atom stereocenters. The normalized spacial score (nSPS) is 22.6. The Hall–Kier alpha value is -0.790. The van der Waals surface area contributed by atoms with Gasteiger partial charge in [0, 0.05) is 6.08 Å². The lowest BCUT2D eigenvalue weighted by Crippen LogP contribution is -2.24. The molecular weight excluding hydrogens is 164 g/mol. The average Bonchev–Trinajstić information content (AvgIpc) is 2.49. The fraction of sp³-hybridized carbons (Fsp3) is 0.727. The summed E-state index contributed by atoms with van der Waals surface area (Å²) in [6.45, 7) is 0. The van der Waals surface area contributed by atoms with Crippen LogP contribution in [0.15, 0.2) is 11.6 Å². The maximum atomic E-state index is 11.3. The summed E-state index contributed by atoms with van der Waals surface area (Å²) in [5.74, 6) is -0.110. The van der Waals surface area contributed by atoms with E-state index in [1.54, 1.807) is 6.08 Å². The number of carbonyl (C=O) groups excluding carboxylic acids is 1. The second kappa shape index (κ2) is 3.95. The van der Waals surface area contributed by atoms with Gasteiger partial charge < -0.3 is 4.74 Å². The number of allylic oxidation sites excluding steroid dienone is 1. The first-order valence-corrected chi connectivity index (χ1v) is 5.24. The van der Waals surface area contributed by atoms with Crippen LogP contribution in [0.3, 0.4) is 0 Å². The number of hydrogen-bond donors (Lipinski definition) is 0. The summed E-state index contributed by atoms with van der Waals surface area (Å²) < 4.78 is 5.23. The molecule has 2 aliphatic rings. The first-order valence-electron chi connectivity index (χ1n) is 5.24. The van der Waals surface area contributed by atoms with Crippen molar-refractivity contribution in [1.29, 1.82) is 0 Å². The highest BCUT2D eigenvalue weighted by Gasteiger charge is 2.21. The predicted molar refractivity (Wildman–Crippen MR) is 50.3 cm³/mol. The van der Waals surface area contributed by atoms with Gasteiger partial charge >= 0.3 is 5.97 Å². The van der Waals surface area contributed by atoms with E-state index in [0.717, 1.165) is 25.7 Å². The minimum Gasteiger partial charge on any atom is -0.459 e. The predicted octanol–water partition coefficient (Wildman–Crippen LogP) is 2.58. The van der Waals surface area contributed by atoms with E-state index in [1.165, 1.54) is 24.8 Å². The van der Waals surface area contributed by atoms with Crippen molar-refractivity contribution >= 4 is 5.97 Å².